The molecule has 0 radical (unpaired) electrons. The summed E-state index contributed by atoms with van der Waals surface area (Å²) in [5.41, 5.74) is 2.69. The van der Waals surface area contributed by atoms with Crippen molar-refractivity contribution in [1.82, 2.24) is 15.3 Å². The van der Waals surface area contributed by atoms with Crippen molar-refractivity contribution in [1.29, 1.82) is 0 Å². The molecular formula is C21H16FN3O2S. The third-order valence-corrected chi connectivity index (χ3v) is 5.05. The fraction of sp³-hybridized carbons (Fsp3) is 0.0952. The van der Waals surface area contributed by atoms with Crippen LogP contribution in [0, 0.1) is 5.82 Å². The van der Waals surface area contributed by atoms with Crippen LogP contribution in [0.4, 0.5) is 4.39 Å². The van der Waals surface area contributed by atoms with Gasteiger partial charge in [0.25, 0.3) is 5.91 Å². The maximum atomic E-state index is 13.2. The molecule has 2 aromatic carbocycles. The summed E-state index contributed by atoms with van der Waals surface area (Å²) >= 11 is 1.44. The van der Waals surface area contributed by atoms with Gasteiger partial charge in [-0.3, -0.25) is 4.79 Å². The second-order valence-electron chi connectivity index (χ2n) is 6.07. The monoisotopic (exact) mass is 393 g/mol. The molecule has 2 heterocycles. The topological polar surface area (TPSA) is 64.1 Å². The van der Waals surface area contributed by atoms with E-state index in [0.29, 0.717) is 12.4 Å². The van der Waals surface area contributed by atoms with Crippen molar-refractivity contribution in [3.05, 3.63) is 77.7 Å². The lowest BCUT2D eigenvalue weighted by Crippen LogP contribution is -2.28. The fourth-order valence-electron chi connectivity index (χ4n) is 2.78. The molecule has 0 aliphatic rings. The first-order chi connectivity index (χ1) is 13.7. The Bertz CT molecular complexity index is 1100. The first kappa shape index (κ1) is 18.1. The summed E-state index contributed by atoms with van der Waals surface area (Å²) in [6.45, 7) is 0.277. The molecular weight excluding hydrogens is 377 g/mol. The average Bonchev–Trinajstić information content (AvgIpc) is 3.17. The van der Waals surface area contributed by atoms with Crippen LogP contribution in [0.15, 0.2) is 66.3 Å². The Kier molecular flexibility index (Phi) is 5.25. The molecule has 140 valence electrons. The van der Waals surface area contributed by atoms with E-state index in [1.165, 1.54) is 29.8 Å². The molecule has 28 heavy (non-hydrogen) atoms. The maximum Gasteiger partial charge on any atom is 0.258 e. The summed E-state index contributed by atoms with van der Waals surface area (Å²) in [5.74, 6) is -0.208. The Morgan fingerprint density at radius 3 is 2.64 bits per heavy atom. The molecule has 0 fully saturated rings. The molecule has 0 aliphatic carbocycles. The number of thiophene rings is 1. The lowest BCUT2D eigenvalue weighted by molar-refractivity contribution is -0.123. The van der Waals surface area contributed by atoms with Crippen LogP contribution in [-0.2, 0) is 11.3 Å². The number of amides is 1. The Labute approximate surface area is 164 Å². The highest BCUT2D eigenvalue weighted by atomic mass is 32.1. The van der Waals surface area contributed by atoms with Crippen molar-refractivity contribution in [3.63, 3.8) is 0 Å². The van der Waals surface area contributed by atoms with Gasteiger partial charge in [0.15, 0.2) is 6.61 Å². The number of aromatic nitrogens is 2. The highest BCUT2D eigenvalue weighted by Crippen LogP contribution is 2.37. The zero-order valence-corrected chi connectivity index (χ0v) is 15.6. The van der Waals surface area contributed by atoms with Gasteiger partial charge in [0.2, 0.25) is 5.88 Å². The molecule has 5 nitrogen and oxygen atoms in total. The van der Waals surface area contributed by atoms with Gasteiger partial charge < -0.3 is 10.1 Å². The number of fused-ring (bicyclic) bond motifs is 1. The van der Waals surface area contributed by atoms with E-state index in [1.807, 2.05) is 35.7 Å². The predicted molar refractivity (Wildman–Crippen MR) is 107 cm³/mol. The molecule has 4 rings (SSSR count). The smallest absolute Gasteiger partial charge is 0.258 e. The quantitative estimate of drug-likeness (QED) is 0.533. The minimum Gasteiger partial charge on any atom is -0.467 e. The van der Waals surface area contributed by atoms with Gasteiger partial charge in [-0.2, -0.15) is 0 Å². The van der Waals surface area contributed by atoms with Gasteiger partial charge in [0.1, 0.15) is 17.0 Å². The third kappa shape index (κ3) is 3.99. The molecule has 0 unspecified atom stereocenters. The second-order valence-corrected chi connectivity index (χ2v) is 6.92. The first-order valence-corrected chi connectivity index (χ1v) is 9.50. The van der Waals surface area contributed by atoms with E-state index < -0.39 is 0 Å². The molecule has 1 N–H and O–H groups in total. The minimum absolute atomic E-state index is 0.155. The van der Waals surface area contributed by atoms with Gasteiger partial charge in [0.05, 0.1) is 5.39 Å². The van der Waals surface area contributed by atoms with Gasteiger partial charge in [0, 0.05) is 17.5 Å². The molecule has 4 aromatic rings. The standard InChI is InChI=1S/C21H16FN3O2S/c22-16-8-6-15(7-9-16)17-12-28-21-19(17)20(24-13-25-21)27-11-18(26)23-10-14-4-2-1-3-5-14/h1-9,12-13H,10-11H2,(H,23,26). The number of rotatable bonds is 6. The van der Waals surface area contributed by atoms with Crippen LogP contribution in [0.25, 0.3) is 21.3 Å². The third-order valence-electron chi connectivity index (χ3n) is 4.16. The van der Waals surface area contributed by atoms with Gasteiger partial charge in [-0.05, 0) is 23.3 Å². The summed E-state index contributed by atoms with van der Waals surface area (Å²) in [6.07, 6.45) is 1.41. The Morgan fingerprint density at radius 1 is 1.07 bits per heavy atom. The zero-order valence-electron chi connectivity index (χ0n) is 14.8. The van der Waals surface area contributed by atoms with Crippen LogP contribution in [0.1, 0.15) is 5.56 Å². The Morgan fingerprint density at radius 2 is 1.86 bits per heavy atom. The van der Waals surface area contributed by atoms with Crippen molar-refractivity contribution in [3.8, 4) is 17.0 Å². The van der Waals surface area contributed by atoms with Crippen LogP contribution in [-0.4, -0.2) is 22.5 Å². The van der Waals surface area contributed by atoms with E-state index in [1.54, 1.807) is 12.1 Å². The van der Waals surface area contributed by atoms with Gasteiger partial charge in [-0.15, -0.1) is 11.3 Å². The average molecular weight is 393 g/mol. The minimum atomic E-state index is -0.300. The van der Waals surface area contributed by atoms with E-state index in [4.69, 9.17) is 4.74 Å². The number of nitrogens with zero attached hydrogens (tertiary/aromatic N) is 2. The van der Waals surface area contributed by atoms with E-state index in [-0.39, 0.29) is 18.3 Å². The van der Waals surface area contributed by atoms with E-state index in [0.717, 1.165) is 26.9 Å². The SMILES string of the molecule is O=C(COc1ncnc2scc(-c3ccc(F)cc3)c12)NCc1ccccc1. The molecule has 0 spiro atoms. The normalized spacial score (nSPS) is 10.8. The van der Waals surface area contributed by atoms with E-state index in [2.05, 4.69) is 15.3 Å². The highest BCUT2D eigenvalue weighted by molar-refractivity contribution is 7.17. The lowest BCUT2D eigenvalue weighted by atomic mass is 10.1. The number of hydrogen-bond acceptors (Lipinski definition) is 5. The van der Waals surface area contributed by atoms with Crippen LogP contribution in [0.3, 0.4) is 0 Å². The van der Waals surface area contributed by atoms with Crippen LogP contribution in [0.2, 0.25) is 0 Å². The van der Waals surface area contributed by atoms with Gasteiger partial charge >= 0.3 is 0 Å². The fourth-order valence-corrected chi connectivity index (χ4v) is 3.69. The van der Waals surface area contributed by atoms with Crippen LogP contribution in [0.5, 0.6) is 5.88 Å². The number of nitrogens with one attached hydrogen (secondary N) is 1. The number of halogens is 1. The molecule has 7 heteroatoms. The van der Waals surface area contributed by atoms with Gasteiger partial charge in [-0.1, -0.05) is 42.5 Å². The number of benzene rings is 2. The molecule has 0 aliphatic heterocycles. The number of ether oxygens (including phenoxy) is 1. The number of carbonyl (C=O) groups is 1. The number of hydrogen-bond donors (Lipinski definition) is 1. The second kappa shape index (κ2) is 8.14. The zero-order chi connectivity index (χ0) is 19.3. The lowest BCUT2D eigenvalue weighted by Gasteiger charge is -2.09. The van der Waals surface area contributed by atoms with Crippen molar-refractivity contribution in [2.75, 3.05) is 6.61 Å². The Hall–Kier alpha value is -3.32. The first-order valence-electron chi connectivity index (χ1n) is 8.62. The molecule has 1 amide bonds. The molecule has 0 atom stereocenters. The molecule has 0 saturated heterocycles. The van der Waals surface area contributed by atoms with E-state index in [9.17, 15) is 9.18 Å². The number of carbonyl (C=O) groups excluding carboxylic acids is 1. The molecule has 2 aromatic heterocycles. The van der Waals surface area contributed by atoms with Crippen molar-refractivity contribution < 1.29 is 13.9 Å². The maximum absolute atomic E-state index is 13.2. The summed E-state index contributed by atoms with van der Waals surface area (Å²) in [7, 11) is 0. The van der Waals surface area contributed by atoms with E-state index >= 15 is 0 Å². The summed E-state index contributed by atoms with van der Waals surface area (Å²) < 4.78 is 18.9. The van der Waals surface area contributed by atoms with Crippen molar-refractivity contribution in [2.24, 2.45) is 0 Å². The summed E-state index contributed by atoms with van der Waals surface area (Å²) in [5, 5.41) is 5.46. The van der Waals surface area contributed by atoms with Crippen molar-refractivity contribution >= 4 is 27.5 Å². The molecule has 0 bridgehead atoms. The van der Waals surface area contributed by atoms with Crippen LogP contribution < -0.4 is 10.1 Å². The van der Waals surface area contributed by atoms with Crippen LogP contribution >= 0.6 is 11.3 Å². The molecule has 0 saturated carbocycles. The summed E-state index contributed by atoms with van der Waals surface area (Å²) in [6, 6.07) is 15.8. The summed E-state index contributed by atoms with van der Waals surface area (Å²) in [4.78, 5) is 21.3. The largest absolute Gasteiger partial charge is 0.467 e. The predicted octanol–water partition coefficient (Wildman–Crippen LogP) is 4.19. The van der Waals surface area contributed by atoms with Crippen molar-refractivity contribution in [2.45, 2.75) is 6.54 Å². The highest BCUT2D eigenvalue weighted by Gasteiger charge is 2.15. The van der Waals surface area contributed by atoms with Gasteiger partial charge in [-0.25, -0.2) is 14.4 Å². The Balaban J connectivity index is 1.50.